The molecule has 1 N–H and O–H groups in total. The summed E-state index contributed by atoms with van der Waals surface area (Å²) in [5.74, 6) is -0.0780. The predicted molar refractivity (Wildman–Crippen MR) is 83.8 cm³/mol. The van der Waals surface area contributed by atoms with Crippen molar-refractivity contribution in [1.82, 2.24) is 0 Å². The lowest BCUT2D eigenvalue weighted by atomic mass is 10.2. The maximum atomic E-state index is 11.3. The minimum absolute atomic E-state index is 0.0780. The summed E-state index contributed by atoms with van der Waals surface area (Å²) < 4.78 is 30.2. The van der Waals surface area contributed by atoms with E-state index >= 15 is 0 Å². The molecule has 0 aromatic heterocycles. The first-order valence-corrected chi connectivity index (χ1v) is 8.50. The van der Waals surface area contributed by atoms with Gasteiger partial charge < -0.3 is 4.90 Å². The molecular weight excluding hydrogens is 310 g/mol. The average molecular weight is 325 g/mol. The Morgan fingerprint density at radius 2 is 2.14 bits per heavy atom. The third kappa shape index (κ3) is 4.20. The van der Waals surface area contributed by atoms with Gasteiger partial charge in [-0.15, -0.1) is 0 Å². The Kier molecular flexibility index (Phi) is 4.55. The first-order chi connectivity index (χ1) is 9.76. The molecule has 0 amide bonds. The van der Waals surface area contributed by atoms with E-state index in [4.69, 9.17) is 4.55 Å². The fourth-order valence-electron chi connectivity index (χ4n) is 1.95. The fraction of sp³-hybridized carbons (Fsp3) is 0.214. The van der Waals surface area contributed by atoms with E-state index in [1.807, 2.05) is 30.0 Å². The molecule has 0 aliphatic carbocycles. The van der Waals surface area contributed by atoms with Crippen LogP contribution in [0.2, 0.25) is 0 Å². The number of hydrogen-bond donors (Lipinski definition) is 1. The van der Waals surface area contributed by atoms with Gasteiger partial charge >= 0.3 is 0 Å². The minimum Gasteiger partial charge on any atom is -0.331 e. The van der Waals surface area contributed by atoms with Gasteiger partial charge in [0, 0.05) is 17.5 Å². The van der Waals surface area contributed by atoms with Crippen molar-refractivity contribution in [3.63, 3.8) is 0 Å². The van der Waals surface area contributed by atoms with Crippen molar-refractivity contribution in [2.24, 2.45) is 0 Å². The minimum atomic E-state index is -4.14. The van der Waals surface area contributed by atoms with Crippen molar-refractivity contribution < 1.29 is 17.8 Å². The second-order valence-electron chi connectivity index (χ2n) is 4.66. The molecule has 1 heterocycles. The number of ketones is 1. The predicted octanol–water partition coefficient (Wildman–Crippen LogP) is 2.74. The molecule has 0 atom stereocenters. The van der Waals surface area contributed by atoms with Gasteiger partial charge in [0.15, 0.2) is 5.78 Å². The van der Waals surface area contributed by atoms with E-state index in [1.54, 1.807) is 0 Å². The molecule has 1 aliphatic rings. The number of aryl methyl sites for hydroxylation is 1. The van der Waals surface area contributed by atoms with Crippen LogP contribution in [0, 0.1) is 6.92 Å². The molecule has 0 saturated carbocycles. The third-order valence-electron chi connectivity index (χ3n) is 2.77. The Labute approximate surface area is 128 Å². The number of anilines is 1. The van der Waals surface area contributed by atoms with E-state index < -0.39 is 10.1 Å². The van der Waals surface area contributed by atoms with Gasteiger partial charge in [0.1, 0.15) is 0 Å². The number of allylic oxidation sites excluding steroid dienone is 1. The first-order valence-electron chi connectivity index (χ1n) is 6.18. The van der Waals surface area contributed by atoms with E-state index in [-0.39, 0.29) is 12.3 Å². The van der Waals surface area contributed by atoms with Crippen LogP contribution in [-0.4, -0.2) is 25.3 Å². The van der Waals surface area contributed by atoms with Crippen LogP contribution in [0.4, 0.5) is 5.69 Å². The van der Waals surface area contributed by atoms with Gasteiger partial charge in [-0.3, -0.25) is 9.35 Å². The average Bonchev–Trinajstić information content (AvgIpc) is 2.65. The van der Waals surface area contributed by atoms with Crippen LogP contribution < -0.4 is 4.90 Å². The SMILES string of the molecule is CC(=O)C=C1Sc2ccc(C)cc2N1CC=CS(=O)(=O)O. The quantitative estimate of drug-likeness (QED) is 0.678. The number of thioether (sulfide) groups is 1. The molecule has 2 rings (SSSR count). The number of hydrogen-bond acceptors (Lipinski definition) is 5. The molecule has 7 heteroatoms. The lowest BCUT2D eigenvalue weighted by Crippen LogP contribution is -2.18. The standard InChI is InChI=1S/C14H15NO4S2/c1-10-4-5-13-12(8-10)15(6-3-7-21(17,18)19)14(20-13)9-11(2)16/h3-5,7-9H,6H2,1-2H3,(H,17,18,19). The van der Waals surface area contributed by atoms with Crippen LogP contribution >= 0.6 is 11.8 Å². The zero-order valence-corrected chi connectivity index (χ0v) is 13.2. The molecule has 0 unspecified atom stereocenters. The van der Waals surface area contributed by atoms with Crippen LogP contribution in [-0.2, 0) is 14.9 Å². The third-order valence-corrected chi connectivity index (χ3v) is 4.42. The zero-order chi connectivity index (χ0) is 15.6. The summed E-state index contributed by atoms with van der Waals surface area (Å²) in [4.78, 5) is 14.2. The Morgan fingerprint density at radius 3 is 2.76 bits per heavy atom. The summed E-state index contributed by atoms with van der Waals surface area (Å²) in [6.07, 6.45) is 2.86. The van der Waals surface area contributed by atoms with Crippen LogP contribution in [0.15, 0.2) is 45.7 Å². The van der Waals surface area contributed by atoms with E-state index in [1.165, 1.54) is 30.8 Å². The van der Waals surface area contributed by atoms with Gasteiger partial charge in [0.2, 0.25) is 0 Å². The van der Waals surface area contributed by atoms with Gasteiger partial charge in [0.05, 0.1) is 16.1 Å². The lowest BCUT2D eigenvalue weighted by Gasteiger charge is -2.18. The number of rotatable bonds is 4. The van der Waals surface area contributed by atoms with E-state index in [0.717, 1.165) is 26.6 Å². The molecule has 1 aromatic rings. The number of benzene rings is 1. The smallest absolute Gasteiger partial charge is 0.287 e. The summed E-state index contributed by atoms with van der Waals surface area (Å²) in [7, 11) is -4.14. The van der Waals surface area contributed by atoms with Crippen molar-refractivity contribution >= 4 is 33.4 Å². The Bertz CT molecular complexity index is 735. The second-order valence-corrected chi connectivity index (χ2v) is 7.03. The van der Waals surface area contributed by atoms with Crippen molar-refractivity contribution in [2.45, 2.75) is 18.7 Å². The molecule has 112 valence electrons. The number of carbonyl (C=O) groups is 1. The highest BCUT2D eigenvalue weighted by atomic mass is 32.2. The van der Waals surface area contributed by atoms with Crippen molar-refractivity contribution in [3.8, 4) is 0 Å². The molecular formula is C14H15NO4S2. The highest BCUT2D eigenvalue weighted by Gasteiger charge is 2.24. The molecule has 5 nitrogen and oxygen atoms in total. The maximum absolute atomic E-state index is 11.3. The molecule has 0 fully saturated rings. The van der Waals surface area contributed by atoms with Crippen LogP contribution in [0.25, 0.3) is 0 Å². The van der Waals surface area contributed by atoms with Gasteiger partial charge in [-0.25, -0.2) is 0 Å². The van der Waals surface area contributed by atoms with Gasteiger partial charge in [-0.2, -0.15) is 8.42 Å². The maximum Gasteiger partial charge on any atom is 0.287 e. The van der Waals surface area contributed by atoms with E-state index in [0.29, 0.717) is 0 Å². The monoisotopic (exact) mass is 325 g/mol. The van der Waals surface area contributed by atoms with Gasteiger partial charge in [-0.05, 0) is 31.5 Å². The molecule has 0 spiro atoms. The molecule has 0 bridgehead atoms. The van der Waals surface area contributed by atoms with Crippen LogP contribution in [0.5, 0.6) is 0 Å². The number of nitrogens with zero attached hydrogens (tertiary/aromatic N) is 1. The summed E-state index contributed by atoms with van der Waals surface area (Å²) in [6.45, 7) is 3.68. The van der Waals surface area contributed by atoms with Crippen LogP contribution in [0.3, 0.4) is 0 Å². The van der Waals surface area contributed by atoms with Crippen molar-refractivity contribution in [2.75, 3.05) is 11.4 Å². The van der Waals surface area contributed by atoms with Crippen molar-refractivity contribution in [1.29, 1.82) is 0 Å². The number of carbonyl (C=O) groups excluding carboxylic acids is 1. The topological polar surface area (TPSA) is 74.7 Å². The summed E-state index contributed by atoms with van der Waals surface area (Å²) in [5.41, 5.74) is 2.00. The Balaban J connectivity index is 2.35. The summed E-state index contributed by atoms with van der Waals surface area (Å²) >= 11 is 1.46. The molecule has 0 radical (unpaired) electrons. The van der Waals surface area contributed by atoms with E-state index in [2.05, 4.69) is 0 Å². The summed E-state index contributed by atoms with van der Waals surface area (Å²) in [6, 6.07) is 5.93. The second kappa shape index (κ2) is 6.05. The normalized spacial score (nSPS) is 16.7. The Morgan fingerprint density at radius 1 is 1.43 bits per heavy atom. The largest absolute Gasteiger partial charge is 0.331 e. The van der Waals surface area contributed by atoms with Crippen LogP contribution in [0.1, 0.15) is 12.5 Å². The number of fused-ring (bicyclic) bond motifs is 1. The highest BCUT2D eigenvalue weighted by Crippen LogP contribution is 2.46. The summed E-state index contributed by atoms with van der Waals surface area (Å²) in [5, 5.41) is 1.49. The lowest BCUT2D eigenvalue weighted by molar-refractivity contribution is -0.112. The molecule has 0 saturated heterocycles. The highest BCUT2D eigenvalue weighted by molar-refractivity contribution is 8.03. The van der Waals surface area contributed by atoms with Gasteiger partial charge in [-0.1, -0.05) is 23.9 Å². The Hall–Kier alpha value is -1.57. The van der Waals surface area contributed by atoms with Crippen molar-refractivity contribution in [3.05, 3.63) is 46.4 Å². The van der Waals surface area contributed by atoms with Gasteiger partial charge in [0.25, 0.3) is 10.1 Å². The zero-order valence-electron chi connectivity index (χ0n) is 11.6. The molecule has 1 aromatic carbocycles. The van der Waals surface area contributed by atoms with E-state index in [9.17, 15) is 13.2 Å². The first kappa shape index (κ1) is 15.8. The molecule has 1 aliphatic heterocycles. The molecule has 21 heavy (non-hydrogen) atoms. The fourth-order valence-corrected chi connectivity index (χ4v) is 3.42.